The highest BCUT2D eigenvalue weighted by atomic mass is 79.9. The van der Waals surface area contributed by atoms with Crippen molar-refractivity contribution in [2.45, 2.75) is 19.9 Å². The Bertz CT molecular complexity index is 684. The van der Waals surface area contributed by atoms with Gasteiger partial charge in [-0.05, 0) is 34.5 Å². The van der Waals surface area contributed by atoms with Crippen LogP contribution in [0.15, 0.2) is 35.1 Å². The number of aryl methyl sites for hydroxylation is 1. The van der Waals surface area contributed by atoms with E-state index in [9.17, 15) is 14.9 Å². The summed E-state index contributed by atoms with van der Waals surface area (Å²) in [6.45, 7) is 2.46. The number of anilines is 1. The molecule has 0 saturated carbocycles. The maximum Gasteiger partial charge on any atom is 0.287 e. The Balaban J connectivity index is 2.30. The van der Waals surface area contributed by atoms with Crippen LogP contribution in [-0.2, 0) is 6.54 Å². The Labute approximate surface area is 129 Å². The number of aromatic nitrogens is 2. The van der Waals surface area contributed by atoms with Crippen molar-refractivity contribution in [1.82, 2.24) is 9.55 Å². The lowest BCUT2D eigenvalue weighted by atomic mass is 10.3. The van der Waals surface area contributed by atoms with E-state index in [2.05, 4.69) is 26.2 Å². The molecule has 0 aliphatic carbocycles. The van der Waals surface area contributed by atoms with Crippen LogP contribution >= 0.6 is 15.9 Å². The van der Waals surface area contributed by atoms with E-state index in [1.807, 2.05) is 6.92 Å². The molecule has 0 aliphatic heterocycles. The van der Waals surface area contributed by atoms with Crippen molar-refractivity contribution in [3.63, 3.8) is 0 Å². The molecular weight excluding hydrogens is 340 g/mol. The summed E-state index contributed by atoms with van der Waals surface area (Å²) in [6, 6.07) is 4.74. The number of halogens is 1. The second-order valence-electron chi connectivity index (χ2n) is 4.32. The highest BCUT2D eigenvalue weighted by Crippen LogP contribution is 2.21. The summed E-state index contributed by atoms with van der Waals surface area (Å²) >= 11 is 3.28. The standard InChI is InChI=1S/C13H13BrN4O3/c1-2-6-17-8-9(18(20)21)7-11(17)13(19)16-12-10(14)4-3-5-15-12/h3-5,7-8H,2,6H2,1H3,(H,15,16,19). The number of nitrogens with zero attached hydrogens (tertiary/aromatic N) is 3. The van der Waals surface area contributed by atoms with Gasteiger partial charge in [-0.15, -0.1) is 0 Å². The molecule has 0 aliphatic rings. The molecule has 110 valence electrons. The molecule has 1 N–H and O–H groups in total. The summed E-state index contributed by atoms with van der Waals surface area (Å²) in [5, 5.41) is 13.5. The molecule has 8 heteroatoms. The summed E-state index contributed by atoms with van der Waals surface area (Å²) in [5.74, 6) is -0.0645. The van der Waals surface area contributed by atoms with E-state index in [4.69, 9.17) is 0 Å². The fraction of sp³-hybridized carbons (Fsp3) is 0.231. The molecule has 0 radical (unpaired) electrons. The van der Waals surface area contributed by atoms with Gasteiger partial charge in [-0.25, -0.2) is 4.98 Å². The predicted octanol–water partition coefficient (Wildman–Crippen LogP) is 3.22. The predicted molar refractivity (Wildman–Crippen MR) is 81.3 cm³/mol. The van der Waals surface area contributed by atoms with Gasteiger partial charge in [0.15, 0.2) is 0 Å². The van der Waals surface area contributed by atoms with Crippen LogP contribution in [0.1, 0.15) is 23.8 Å². The van der Waals surface area contributed by atoms with Crippen molar-refractivity contribution >= 4 is 33.3 Å². The third-order valence-corrected chi connectivity index (χ3v) is 3.42. The summed E-state index contributed by atoms with van der Waals surface area (Å²) in [6.07, 6.45) is 3.68. The minimum absolute atomic E-state index is 0.103. The van der Waals surface area contributed by atoms with Gasteiger partial charge in [0.25, 0.3) is 11.6 Å². The van der Waals surface area contributed by atoms with Crippen molar-refractivity contribution in [3.8, 4) is 0 Å². The first kappa shape index (κ1) is 15.2. The average Bonchev–Trinajstić information content (AvgIpc) is 2.86. The van der Waals surface area contributed by atoms with E-state index in [-0.39, 0.29) is 11.4 Å². The number of carbonyl (C=O) groups is 1. The van der Waals surface area contributed by atoms with Gasteiger partial charge in [-0.2, -0.15) is 0 Å². The molecule has 2 aromatic rings. The van der Waals surface area contributed by atoms with Gasteiger partial charge in [0, 0.05) is 18.8 Å². The van der Waals surface area contributed by atoms with Gasteiger partial charge < -0.3 is 9.88 Å². The quantitative estimate of drug-likeness (QED) is 0.660. The van der Waals surface area contributed by atoms with Crippen LogP contribution in [0.5, 0.6) is 0 Å². The number of rotatable bonds is 5. The molecule has 2 rings (SSSR count). The van der Waals surface area contributed by atoms with Crippen LogP contribution in [0.25, 0.3) is 0 Å². The maximum absolute atomic E-state index is 12.3. The first-order valence-corrected chi connectivity index (χ1v) is 7.08. The second-order valence-corrected chi connectivity index (χ2v) is 5.18. The summed E-state index contributed by atoms with van der Waals surface area (Å²) in [5.41, 5.74) is 0.134. The zero-order chi connectivity index (χ0) is 15.4. The topological polar surface area (TPSA) is 90.1 Å². The number of nitrogens with one attached hydrogen (secondary N) is 1. The first-order valence-electron chi connectivity index (χ1n) is 6.29. The number of hydrogen-bond donors (Lipinski definition) is 1. The fourth-order valence-electron chi connectivity index (χ4n) is 1.86. The summed E-state index contributed by atoms with van der Waals surface area (Å²) in [7, 11) is 0. The zero-order valence-electron chi connectivity index (χ0n) is 11.2. The lowest BCUT2D eigenvalue weighted by Gasteiger charge is -2.08. The molecule has 2 heterocycles. The summed E-state index contributed by atoms with van der Waals surface area (Å²) in [4.78, 5) is 26.7. The van der Waals surface area contributed by atoms with E-state index in [1.54, 1.807) is 22.9 Å². The average molecular weight is 353 g/mol. The fourth-order valence-corrected chi connectivity index (χ4v) is 2.21. The Morgan fingerprint density at radius 2 is 2.33 bits per heavy atom. The molecule has 0 atom stereocenters. The van der Waals surface area contributed by atoms with Gasteiger partial charge >= 0.3 is 0 Å². The van der Waals surface area contributed by atoms with Crippen LogP contribution in [0.4, 0.5) is 11.5 Å². The van der Waals surface area contributed by atoms with Crippen LogP contribution < -0.4 is 5.32 Å². The Morgan fingerprint density at radius 3 is 2.95 bits per heavy atom. The third kappa shape index (κ3) is 3.46. The second kappa shape index (κ2) is 6.49. The summed E-state index contributed by atoms with van der Waals surface area (Å²) < 4.78 is 2.21. The third-order valence-electron chi connectivity index (χ3n) is 2.78. The van der Waals surface area contributed by atoms with Crippen molar-refractivity contribution in [2.24, 2.45) is 0 Å². The van der Waals surface area contributed by atoms with Crippen LogP contribution in [0, 0.1) is 10.1 Å². The van der Waals surface area contributed by atoms with Crippen LogP contribution in [-0.4, -0.2) is 20.4 Å². The van der Waals surface area contributed by atoms with Crippen molar-refractivity contribution in [3.05, 3.63) is 50.9 Å². The van der Waals surface area contributed by atoms with Gasteiger partial charge in [0.1, 0.15) is 11.5 Å². The molecule has 1 amide bonds. The molecule has 0 aromatic carbocycles. The van der Waals surface area contributed by atoms with Crippen molar-refractivity contribution < 1.29 is 9.72 Å². The van der Waals surface area contributed by atoms with Crippen molar-refractivity contribution in [1.29, 1.82) is 0 Å². The number of amides is 1. The smallest absolute Gasteiger partial charge is 0.287 e. The van der Waals surface area contributed by atoms with Gasteiger partial charge in [-0.1, -0.05) is 6.92 Å². The number of pyridine rings is 1. The van der Waals surface area contributed by atoms with Gasteiger partial charge in [-0.3, -0.25) is 14.9 Å². The monoisotopic (exact) mass is 352 g/mol. The molecular formula is C13H13BrN4O3. The molecule has 0 fully saturated rings. The van der Waals surface area contributed by atoms with E-state index in [0.29, 0.717) is 16.8 Å². The minimum Gasteiger partial charge on any atom is -0.337 e. The van der Waals surface area contributed by atoms with E-state index < -0.39 is 10.8 Å². The largest absolute Gasteiger partial charge is 0.337 e. The number of hydrogen-bond acceptors (Lipinski definition) is 4. The molecule has 21 heavy (non-hydrogen) atoms. The lowest BCUT2D eigenvalue weighted by Crippen LogP contribution is -2.17. The minimum atomic E-state index is -0.514. The highest BCUT2D eigenvalue weighted by Gasteiger charge is 2.19. The number of nitro groups is 1. The normalized spacial score (nSPS) is 10.4. The highest BCUT2D eigenvalue weighted by molar-refractivity contribution is 9.10. The Morgan fingerprint density at radius 1 is 1.57 bits per heavy atom. The SMILES string of the molecule is CCCn1cc([N+](=O)[O-])cc1C(=O)Nc1ncccc1Br. The number of carbonyl (C=O) groups excluding carboxylic acids is 1. The van der Waals surface area contributed by atoms with Crippen molar-refractivity contribution in [2.75, 3.05) is 5.32 Å². The first-order chi connectivity index (χ1) is 10.0. The molecule has 2 aromatic heterocycles. The molecule has 0 saturated heterocycles. The van der Waals surface area contributed by atoms with Crippen LogP contribution in [0.2, 0.25) is 0 Å². The van der Waals surface area contributed by atoms with Gasteiger partial charge in [0.05, 0.1) is 15.6 Å². The Hall–Kier alpha value is -2.22. The molecule has 0 spiro atoms. The molecule has 0 unspecified atom stereocenters. The lowest BCUT2D eigenvalue weighted by molar-refractivity contribution is -0.384. The molecule has 0 bridgehead atoms. The van der Waals surface area contributed by atoms with E-state index in [0.717, 1.165) is 6.42 Å². The zero-order valence-corrected chi connectivity index (χ0v) is 12.8. The van der Waals surface area contributed by atoms with E-state index >= 15 is 0 Å². The molecule has 7 nitrogen and oxygen atoms in total. The Kier molecular flexibility index (Phi) is 4.69. The van der Waals surface area contributed by atoms with Crippen LogP contribution in [0.3, 0.4) is 0 Å². The van der Waals surface area contributed by atoms with E-state index in [1.165, 1.54) is 12.3 Å². The van der Waals surface area contributed by atoms with Gasteiger partial charge in [0.2, 0.25) is 0 Å². The maximum atomic E-state index is 12.3.